The minimum atomic E-state index is 0.0717. The lowest BCUT2D eigenvalue weighted by atomic mass is 10.0. The van der Waals surface area contributed by atoms with E-state index in [9.17, 15) is 4.79 Å². The first-order chi connectivity index (χ1) is 18.3. The lowest BCUT2D eigenvalue weighted by Gasteiger charge is -2.18. The summed E-state index contributed by atoms with van der Waals surface area (Å²) < 4.78 is 6.13. The second kappa shape index (κ2) is 14.7. The quantitative estimate of drug-likeness (QED) is 0.268. The van der Waals surface area contributed by atoms with Gasteiger partial charge >= 0.3 is 0 Å². The smallest absolute Gasteiger partial charge is 0.220 e. The Morgan fingerprint density at radius 3 is 2.76 bits per heavy atom. The molecule has 0 saturated carbocycles. The SMILES string of the molecule is C=C(/C=C\N=C(C)c1cc(Cl)c(OCc2ccccc2Cl)c(CCC)c1)/C1=N/N(C)CCNC(=O)CCC1. The number of halogens is 2. The standard InChI is InChI=1S/C30H36Cl2N4O2/c1-5-9-23-18-25(19-27(32)30(23)38-20-24-10-6-7-11-26(24)31)22(3)33-15-14-21(2)28-12-8-13-29(37)34-16-17-36(4)35-28/h6-7,10-11,14-15,18-19H,2,5,8-9,12-13,16-17,20H2,1,3-4H3,(H,34,37)/b15-14-,33-22?,35-28+. The Morgan fingerprint density at radius 2 is 2.00 bits per heavy atom. The summed E-state index contributed by atoms with van der Waals surface area (Å²) in [6, 6.07) is 11.6. The van der Waals surface area contributed by atoms with Crippen molar-refractivity contribution in [2.24, 2.45) is 10.1 Å². The van der Waals surface area contributed by atoms with Gasteiger partial charge in [-0.15, -0.1) is 0 Å². The molecule has 0 bridgehead atoms. The molecule has 1 amide bonds. The molecule has 0 radical (unpaired) electrons. The van der Waals surface area contributed by atoms with Crippen molar-refractivity contribution in [1.82, 2.24) is 10.3 Å². The number of aryl methyl sites for hydroxylation is 1. The predicted molar refractivity (Wildman–Crippen MR) is 159 cm³/mol. The Labute approximate surface area is 236 Å². The van der Waals surface area contributed by atoms with Gasteiger partial charge in [0.05, 0.1) is 17.3 Å². The van der Waals surface area contributed by atoms with Gasteiger partial charge in [0.1, 0.15) is 12.4 Å². The van der Waals surface area contributed by atoms with Gasteiger partial charge in [0.2, 0.25) is 5.91 Å². The summed E-state index contributed by atoms with van der Waals surface area (Å²) in [4.78, 5) is 16.5. The van der Waals surface area contributed by atoms with Crippen LogP contribution in [0.5, 0.6) is 5.75 Å². The lowest BCUT2D eigenvalue weighted by Crippen LogP contribution is -2.32. The Bertz CT molecular complexity index is 1240. The molecule has 0 fully saturated rings. The van der Waals surface area contributed by atoms with E-state index in [0.717, 1.165) is 52.9 Å². The fourth-order valence-electron chi connectivity index (χ4n) is 4.04. The van der Waals surface area contributed by atoms with Crippen LogP contribution < -0.4 is 10.1 Å². The zero-order valence-electron chi connectivity index (χ0n) is 22.4. The number of benzene rings is 2. The minimum Gasteiger partial charge on any atom is -0.487 e. The van der Waals surface area contributed by atoms with Crippen LogP contribution in [0.25, 0.3) is 0 Å². The molecule has 0 atom stereocenters. The van der Waals surface area contributed by atoms with E-state index in [1.807, 2.05) is 55.4 Å². The fraction of sp³-hybridized carbons (Fsp3) is 0.367. The van der Waals surface area contributed by atoms with Crippen molar-refractivity contribution >= 4 is 40.5 Å². The van der Waals surface area contributed by atoms with Gasteiger partial charge in [0.15, 0.2) is 0 Å². The summed E-state index contributed by atoms with van der Waals surface area (Å²) in [5, 5.41) is 10.6. The van der Waals surface area contributed by atoms with E-state index >= 15 is 0 Å². The molecule has 6 nitrogen and oxygen atoms in total. The topological polar surface area (TPSA) is 66.3 Å². The molecule has 0 aromatic heterocycles. The summed E-state index contributed by atoms with van der Waals surface area (Å²) in [6.45, 7) is 9.82. The normalized spacial score (nSPS) is 16.7. The molecule has 202 valence electrons. The third kappa shape index (κ3) is 8.74. The number of likely N-dealkylation sites (N-methyl/N-ethyl adjacent to an activating group) is 1. The highest BCUT2D eigenvalue weighted by molar-refractivity contribution is 6.32. The summed E-state index contributed by atoms with van der Waals surface area (Å²) in [5.41, 5.74) is 5.34. The number of ether oxygens (including phenoxy) is 1. The van der Waals surface area contributed by atoms with Gasteiger partial charge in [-0.1, -0.05) is 61.3 Å². The van der Waals surface area contributed by atoms with E-state index in [-0.39, 0.29) is 5.91 Å². The zero-order chi connectivity index (χ0) is 27.5. The van der Waals surface area contributed by atoms with E-state index in [2.05, 4.69) is 35.0 Å². The number of rotatable bonds is 9. The molecule has 1 aliphatic rings. The van der Waals surface area contributed by atoms with Crippen molar-refractivity contribution < 1.29 is 9.53 Å². The highest BCUT2D eigenvalue weighted by Gasteiger charge is 2.14. The Balaban J connectivity index is 1.75. The maximum absolute atomic E-state index is 11.8. The highest BCUT2D eigenvalue weighted by Crippen LogP contribution is 2.33. The predicted octanol–water partition coefficient (Wildman–Crippen LogP) is 6.99. The van der Waals surface area contributed by atoms with Gasteiger partial charge < -0.3 is 10.1 Å². The van der Waals surface area contributed by atoms with Crippen LogP contribution in [-0.4, -0.2) is 42.5 Å². The van der Waals surface area contributed by atoms with Crippen LogP contribution in [0.15, 0.2) is 70.9 Å². The van der Waals surface area contributed by atoms with Gasteiger partial charge in [-0.3, -0.25) is 14.8 Å². The van der Waals surface area contributed by atoms with Crippen molar-refractivity contribution in [3.8, 4) is 5.75 Å². The molecule has 3 rings (SSSR count). The van der Waals surface area contributed by atoms with Crippen molar-refractivity contribution in [2.75, 3.05) is 20.1 Å². The van der Waals surface area contributed by atoms with Crippen molar-refractivity contribution in [1.29, 1.82) is 0 Å². The van der Waals surface area contributed by atoms with Crippen LogP contribution in [0.1, 0.15) is 56.2 Å². The van der Waals surface area contributed by atoms with Gasteiger partial charge in [-0.25, -0.2) is 0 Å². The van der Waals surface area contributed by atoms with Crippen LogP contribution in [0.3, 0.4) is 0 Å². The second-order valence-corrected chi connectivity index (χ2v) is 10.1. The zero-order valence-corrected chi connectivity index (χ0v) is 23.9. The number of carbonyl (C=O) groups excluding carboxylic acids is 1. The molecule has 38 heavy (non-hydrogen) atoms. The van der Waals surface area contributed by atoms with E-state index < -0.39 is 0 Å². The first-order valence-electron chi connectivity index (χ1n) is 12.9. The van der Waals surface area contributed by atoms with Crippen LogP contribution in [0, 0.1) is 0 Å². The van der Waals surface area contributed by atoms with E-state index in [4.69, 9.17) is 27.9 Å². The molecule has 0 aliphatic carbocycles. The molecule has 0 spiro atoms. The molecule has 2 aromatic rings. The van der Waals surface area contributed by atoms with Gasteiger partial charge in [-0.2, -0.15) is 5.10 Å². The largest absolute Gasteiger partial charge is 0.487 e. The number of nitrogens with one attached hydrogen (secondary N) is 1. The van der Waals surface area contributed by atoms with Crippen molar-refractivity contribution in [2.45, 2.75) is 52.6 Å². The maximum atomic E-state index is 11.8. The molecule has 1 aliphatic heterocycles. The first-order valence-corrected chi connectivity index (χ1v) is 13.7. The number of amides is 1. The number of nitrogens with zero attached hydrogens (tertiary/aromatic N) is 3. The van der Waals surface area contributed by atoms with E-state index in [1.165, 1.54) is 0 Å². The number of aliphatic imine (C=N–C) groups is 1. The van der Waals surface area contributed by atoms with Crippen LogP contribution in [0.2, 0.25) is 10.0 Å². The van der Waals surface area contributed by atoms with E-state index in [1.54, 1.807) is 6.20 Å². The second-order valence-electron chi connectivity index (χ2n) is 9.26. The minimum absolute atomic E-state index is 0.0717. The van der Waals surface area contributed by atoms with Crippen LogP contribution in [-0.2, 0) is 17.8 Å². The molecule has 0 unspecified atom stereocenters. The van der Waals surface area contributed by atoms with Crippen molar-refractivity contribution in [3.63, 3.8) is 0 Å². The summed E-state index contributed by atoms with van der Waals surface area (Å²) in [5.74, 6) is 0.753. The third-order valence-electron chi connectivity index (χ3n) is 6.17. The molecule has 8 heteroatoms. The van der Waals surface area contributed by atoms with Gasteiger partial charge in [0, 0.05) is 42.5 Å². The Hall–Kier alpha value is -3.09. The highest BCUT2D eigenvalue weighted by atomic mass is 35.5. The van der Waals surface area contributed by atoms with Crippen LogP contribution >= 0.6 is 23.2 Å². The van der Waals surface area contributed by atoms with Crippen molar-refractivity contribution in [3.05, 3.63) is 87.6 Å². The molecule has 2 aromatic carbocycles. The molecule has 1 N–H and O–H groups in total. The van der Waals surface area contributed by atoms with E-state index in [0.29, 0.717) is 48.3 Å². The third-order valence-corrected chi connectivity index (χ3v) is 6.82. The van der Waals surface area contributed by atoms with Gasteiger partial charge in [0.25, 0.3) is 0 Å². The summed E-state index contributed by atoms with van der Waals surface area (Å²) >= 11 is 13.0. The van der Waals surface area contributed by atoms with Crippen LogP contribution in [0.4, 0.5) is 0 Å². The molecule has 0 saturated heterocycles. The fourth-order valence-corrected chi connectivity index (χ4v) is 4.53. The molecular weight excluding hydrogens is 519 g/mol. The first kappa shape index (κ1) is 29.5. The number of carbonyl (C=O) groups is 1. The Kier molecular flexibility index (Phi) is 11.4. The number of hydrogen-bond acceptors (Lipinski definition) is 5. The molecule has 1 heterocycles. The summed E-state index contributed by atoms with van der Waals surface area (Å²) in [6.07, 6.45) is 7.26. The van der Waals surface area contributed by atoms with Gasteiger partial charge in [-0.05, 0) is 67.2 Å². The maximum Gasteiger partial charge on any atom is 0.220 e. The average Bonchev–Trinajstić information content (AvgIpc) is 2.88. The molecular formula is C30H36Cl2N4O2. The lowest BCUT2D eigenvalue weighted by molar-refractivity contribution is -0.121. The summed E-state index contributed by atoms with van der Waals surface area (Å²) in [7, 11) is 1.90. The number of hydrazone groups is 1. The number of hydrogen-bond donors (Lipinski definition) is 1. The monoisotopic (exact) mass is 554 g/mol. The number of allylic oxidation sites excluding steroid dienone is 2. The Morgan fingerprint density at radius 1 is 1.21 bits per heavy atom. The average molecular weight is 556 g/mol.